The highest BCUT2D eigenvalue weighted by atomic mass is 19.4. The van der Waals surface area contributed by atoms with Crippen LogP contribution < -0.4 is 0 Å². The van der Waals surface area contributed by atoms with E-state index in [0.717, 1.165) is 12.2 Å². The Bertz CT molecular complexity index is 373. The highest BCUT2D eigenvalue weighted by Crippen LogP contribution is 2.60. The predicted octanol–water partition coefficient (Wildman–Crippen LogP) is 2.35. The van der Waals surface area contributed by atoms with E-state index in [9.17, 15) is 35.9 Å². The molecule has 1 saturated heterocycles. The first kappa shape index (κ1) is 20.3. The Morgan fingerprint density at radius 3 is 1.20 bits per heavy atom. The summed E-state index contributed by atoms with van der Waals surface area (Å²) in [7, 11) is 0. The number of ether oxygens (including phenoxy) is 1. The van der Waals surface area contributed by atoms with Crippen molar-refractivity contribution in [3.8, 4) is 0 Å². The summed E-state index contributed by atoms with van der Waals surface area (Å²) in [5, 5.41) is 15.2. The molecule has 1 atom stereocenters. The Morgan fingerprint density at radius 2 is 1.20 bits per heavy atom. The van der Waals surface area contributed by atoms with Gasteiger partial charge >= 0.3 is 30.1 Å². The molecule has 5 nitrogen and oxygen atoms in total. The maximum Gasteiger partial charge on any atom is 0.458 e. The van der Waals surface area contributed by atoms with Crippen LogP contribution in [-0.2, 0) is 14.3 Å². The van der Waals surface area contributed by atoms with Crippen molar-refractivity contribution in [2.75, 3.05) is 0 Å². The molecule has 0 aliphatic carbocycles. The Hall–Kier alpha value is -2.04. The summed E-state index contributed by atoms with van der Waals surface area (Å²) < 4.78 is 70.4. The van der Waals surface area contributed by atoms with Crippen molar-refractivity contribution in [3.05, 3.63) is 25.3 Å². The molecule has 1 rings (SSSR count). The van der Waals surface area contributed by atoms with Gasteiger partial charge in [0.1, 0.15) is 0 Å². The van der Waals surface area contributed by atoms with Crippen LogP contribution >= 0.6 is 0 Å². The molecular weight excluding hydrogens is 302 g/mol. The normalized spacial score (nSPS) is 22.1. The monoisotopic (exact) mass is 310 g/mol. The second-order valence-corrected chi connectivity index (χ2v) is 2.80. The average molecular weight is 310 g/mol. The van der Waals surface area contributed by atoms with Crippen LogP contribution in [0.5, 0.6) is 0 Å². The van der Waals surface area contributed by atoms with Crippen LogP contribution in [0.1, 0.15) is 0 Å². The largest absolute Gasteiger partial charge is 0.478 e. The third kappa shape index (κ3) is 6.22. The van der Waals surface area contributed by atoms with Gasteiger partial charge in [-0.05, 0) is 0 Å². The van der Waals surface area contributed by atoms with E-state index < -0.39 is 30.1 Å². The van der Waals surface area contributed by atoms with Gasteiger partial charge in [-0.15, -0.1) is 0 Å². The first-order valence-electron chi connectivity index (χ1n) is 4.29. The number of halogens is 6. The lowest BCUT2D eigenvalue weighted by Gasteiger charge is -2.04. The smallest absolute Gasteiger partial charge is 0.458 e. The van der Waals surface area contributed by atoms with E-state index in [2.05, 4.69) is 17.9 Å². The van der Waals surface area contributed by atoms with Gasteiger partial charge in [-0.2, -0.15) is 26.3 Å². The van der Waals surface area contributed by atoms with Crippen molar-refractivity contribution in [2.24, 2.45) is 0 Å². The fourth-order valence-corrected chi connectivity index (χ4v) is 0.374. The van der Waals surface area contributed by atoms with E-state index in [1.807, 2.05) is 0 Å². The zero-order valence-electron chi connectivity index (χ0n) is 9.46. The third-order valence-electron chi connectivity index (χ3n) is 1.32. The molecule has 0 aromatic carbocycles. The van der Waals surface area contributed by atoms with E-state index in [4.69, 9.17) is 10.2 Å². The third-order valence-corrected chi connectivity index (χ3v) is 1.32. The molecule has 2 N–H and O–H groups in total. The van der Waals surface area contributed by atoms with Crippen molar-refractivity contribution in [1.82, 2.24) is 0 Å². The second-order valence-electron chi connectivity index (χ2n) is 2.80. The van der Waals surface area contributed by atoms with Gasteiger partial charge < -0.3 is 10.2 Å². The van der Waals surface area contributed by atoms with E-state index in [1.165, 1.54) is 0 Å². The molecule has 0 bridgehead atoms. The lowest BCUT2D eigenvalue weighted by atomic mass is 10.4. The van der Waals surface area contributed by atoms with Crippen LogP contribution in [-0.4, -0.2) is 40.3 Å². The Balaban J connectivity index is 0. The maximum atomic E-state index is 11.7. The van der Waals surface area contributed by atoms with Gasteiger partial charge in [-0.3, -0.25) is 4.74 Å². The van der Waals surface area contributed by atoms with Crippen LogP contribution in [0.4, 0.5) is 26.3 Å². The first-order chi connectivity index (χ1) is 8.75. The maximum absolute atomic E-state index is 11.7. The molecule has 11 heteroatoms. The molecule has 0 aromatic heterocycles. The number of hydrogen-bond donors (Lipinski definition) is 2. The minimum Gasteiger partial charge on any atom is -0.478 e. The molecule has 116 valence electrons. The lowest BCUT2D eigenvalue weighted by Crippen LogP contribution is -2.32. The van der Waals surface area contributed by atoms with Crippen LogP contribution in [0.25, 0.3) is 0 Å². The summed E-state index contributed by atoms with van der Waals surface area (Å²) in [6.07, 6.45) is -8.69. The van der Waals surface area contributed by atoms with Gasteiger partial charge in [0.25, 0.3) is 0 Å². The fourth-order valence-electron chi connectivity index (χ4n) is 0.374. The van der Waals surface area contributed by atoms with Gasteiger partial charge in [-0.25, -0.2) is 9.59 Å². The van der Waals surface area contributed by atoms with Gasteiger partial charge in [0.2, 0.25) is 0 Å². The SMILES string of the molecule is C=CC(=O)O.C=CC(=O)O.FC(F)(F)C1(F)OC1(F)F. The van der Waals surface area contributed by atoms with E-state index in [1.54, 1.807) is 0 Å². The molecule has 1 fully saturated rings. The number of alkyl halides is 6. The van der Waals surface area contributed by atoms with Gasteiger partial charge in [-0.1, -0.05) is 13.2 Å². The summed E-state index contributed by atoms with van der Waals surface area (Å²) in [6.45, 7) is 5.92. The number of epoxide rings is 1. The zero-order valence-corrected chi connectivity index (χ0v) is 9.46. The summed E-state index contributed by atoms with van der Waals surface area (Å²) in [5.41, 5.74) is 0. The van der Waals surface area contributed by atoms with Gasteiger partial charge in [0, 0.05) is 12.2 Å². The number of carboxylic acids is 2. The fraction of sp³-hybridized carbons (Fsp3) is 0.333. The van der Waals surface area contributed by atoms with Crippen molar-refractivity contribution < 1.29 is 50.9 Å². The summed E-state index contributed by atoms with van der Waals surface area (Å²) >= 11 is 0. The topological polar surface area (TPSA) is 87.1 Å². The second kappa shape index (κ2) is 6.93. The minimum atomic E-state index is -5.66. The predicted molar refractivity (Wildman–Crippen MR) is 51.6 cm³/mol. The number of carbonyl (C=O) groups is 2. The van der Waals surface area contributed by atoms with E-state index in [0.29, 0.717) is 0 Å². The number of rotatable bonds is 2. The van der Waals surface area contributed by atoms with Crippen LogP contribution in [0.15, 0.2) is 25.3 Å². The zero-order chi connectivity index (χ0) is 16.8. The molecule has 0 spiro atoms. The van der Waals surface area contributed by atoms with E-state index >= 15 is 0 Å². The molecule has 1 heterocycles. The summed E-state index contributed by atoms with van der Waals surface area (Å²) in [4.78, 5) is 18.5. The molecule has 0 aromatic rings. The van der Waals surface area contributed by atoms with Crippen molar-refractivity contribution in [2.45, 2.75) is 18.1 Å². The lowest BCUT2D eigenvalue weighted by molar-refractivity contribution is -0.231. The standard InChI is InChI=1S/C3F6O.2C3H4O2/c4-1(2(5,6)7)3(8,9)10-1;2*1-2-3(4)5/h;2*2H,1H2,(H,4,5). The van der Waals surface area contributed by atoms with Gasteiger partial charge in [0.05, 0.1) is 0 Å². The van der Waals surface area contributed by atoms with Crippen LogP contribution in [0, 0.1) is 0 Å². The molecule has 1 aliphatic heterocycles. The quantitative estimate of drug-likeness (QED) is 0.464. The molecule has 0 saturated carbocycles. The first-order valence-corrected chi connectivity index (χ1v) is 4.29. The molecular formula is C9H8F6O5. The number of aliphatic carboxylic acids is 2. The number of hydrogen-bond acceptors (Lipinski definition) is 3. The van der Waals surface area contributed by atoms with Crippen molar-refractivity contribution in [3.63, 3.8) is 0 Å². The highest BCUT2D eigenvalue weighted by Gasteiger charge is 2.90. The molecule has 0 amide bonds. The highest BCUT2D eigenvalue weighted by molar-refractivity contribution is 5.79. The van der Waals surface area contributed by atoms with Crippen molar-refractivity contribution >= 4 is 11.9 Å². The van der Waals surface area contributed by atoms with Gasteiger partial charge in [0.15, 0.2) is 0 Å². The molecule has 20 heavy (non-hydrogen) atoms. The minimum absolute atomic E-state index is 0.833. The van der Waals surface area contributed by atoms with Crippen molar-refractivity contribution in [1.29, 1.82) is 0 Å². The molecule has 1 aliphatic rings. The Morgan fingerprint density at radius 1 is 1.00 bits per heavy atom. The summed E-state index contributed by atoms with van der Waals surface area (Å²) in [5.74, 6) is -6.71. The Kier molecular flexibility index (Phi) is 7.03. The van der Waals surface area contributed by atoms with E-state index in [-0.39, 0.29) is 0 Å². The molecule has 0 radical (unpaired) electrons. The van der Waals surface area contributed by atoms with Crippen LogP contribution in [0.3, 0.4) is 0 Å². The van der Waals surface area contributed by atoms with Crippen LogP contribution in [0.2, 0.25) is 0 Å². The molecule has 1 unspecified atom stereocenters. The average Bonchev–Trinajstić information content (AvgIpc) is 2.81. The summed E-state index contributed by atoms with van der Waals surface area (Å²) in [6, 6.07) is 0. The number of carboxylic acid groups (broad SMARTS) is 2. The Labute approximate surface area is 107 Å².